The molecule has 3 N–H and O–H groups in total. The molecule has 2 unspecified atom stereocenters. The van der Waals surface area contributed by atoms with E-state index in [9.17, 15) is 9.18 Å². The Labute approximate surface area is 153 Å². The second kappa shape index (κ2) is 8.83. The summed E-state index contributed by atoms with van der Waals surface area (Å²) in [6.45, 7) is 0.471. The van der Waals surface area contributed by atoms with E-state index in [2.05, 4.69) is 5.32 Å². The smallest absolute Gasteiger partial charge is 0.224 e. The summed E-state index contributed by atoms with van der Waals surface area (Å²) >= 11 is 0. The van der Waals surface area contributed by atoms with Crippen molar-refractivity contribution >= 4 is 18.3 Å². The number of hydrogen-bond acceptors (Lipinski definition) is 3. The Morgan fingerprint density at radius 3 is 2.24 bits per heavy atom. The van der Waals surface area contributed by atoms with Crippen LogP contribution in [0.5, 0.6) is 11.5 Å². The quantitative estimate of drug-likeness (QED) is 0.848. The van der Waals surface area contributed by atoms with E-state index in [4.69, 9.17) is 10.5 Å². The van der Waals surface area contributed by atoms with Gasteiger partial charge in [0.25, 0.3) is 0 Å². The van der Waals surface area contributed by atoms with E-state index < -0.39 is 0 Å². The summed E-state index contributed by atoms with van der Waals surface area (Å²) in [6.07, 6.45) is 2.82. The highest BCUT2D eigenvalue weighted by Crippen LogP contribution is 2.24. The van der Waals surface area contributed by atoms with Gasteiger partial charge in [-0.3, -0.25) is 4.79 Å². The molecule has 1 fully saturated rings. The molecule has 0 heterocycles. The van der Waals surface area contributed by atoms with Gasteiger partial charge in [0.15, 0.2) is 0 Å². The molecule has 1 saturated carbocycles. The van der Waals surface area contributed by atoms with Gasteiger partial charge in [0.2, 0.25) is 5.91 Å². The number of halogens is 2. The predicted octanol–water partition coefficient (Wildman–Crippen LogP) is 3.78. The lowest BCUT2D eigenvalue weighted by Crippen LogP contribution is -2.38. The van der Waals surface area contributed by atoms with E-state index in [0.29, 0.717) is 18.0 Å². The average Bonchev–Trinajstić information content (AvgIpc) is 3.02. The fourth-order valence-electron chi connectivity index (χ4n) is 2.95. The van der Waals surface area contributed by atoms with Gasteiger partial charge >= 0.3 is 0 Å². The van der Waals surface area contributed by atoms with E-state index >= 15 is 0 Å². The van der Waals surface area contributed by atoms with Crippen molar-refractivity contribution in [3.05, 3.63) is 59.9 Å². The number of carbonyl (C=O) groups excluding carboxylic acids is 1. The summed E-state index contributed by atoms with van der Waals surface area (Å²) in [6, 6.07) is 13.3. The summed E-state index contributed by atoms with van der Waals surface area (Å²) in [4.78, 5) is 12.1. The Hall–Kier alpha value is -2.11. The minimum atomic E-state index is -0.296. The first-order valence-electron chi connectivity index (χ1n) is 8.17. The van der Waals surface area contributed by atoms with Crippen LogP contribution in [0.3, 0.4) is 0 Å². The van der Waals surface area contributed by atoms with Crippen LogP contribution >= 0.6 is 12.4 Å². The lowest BCUT2D eigenvalue weighted by atomic mass is 10.0. The van der Waals surface area contributed by atoms with Gasteiger partial charge in [0.05, 0.1) is 5.92 Å². The highest BCUT2D eigenvalue weighted by molar-refractivity contribution is 5.85. The van der Waals surface area contributed by atoms with Crippen LogP contribution in [0.2, 0.25) is 0 Å². The maximum Gasteiger partial charge on any atom is 0.224 e. The van der Waals surface area contributed by atoms with E-state index in [0.717, 1.165) is 24.8 Å². The number of nitrogens with one attached hydrogen (secondary N) is 1. The summed E-state index contributed by atoms with van der Waals surface area (Å²) in [5, 5.41) is 2.95. The van der Waals surface area contributed by atoms with Crippen LogP contribution in [0, 0.1) is 11.7 Å². The third-order valence-corrected chi connectivity index (χ3v) is 4.35. The van der Waals surface area contributed by atoms with Crippen LogP contribution in [0.1, 0.15) is 24.8 Å². The highest BCUT2D eigenvalue weighted by Gasteiger charge is 2.29. The Morgan fingerprint density at radius 1 is 1.08 bits per heavy atom. The van der Waals surface area contributed by atoms with Crippen LogP contribution in [0.15, 0.2) is 48.5 Å². The van der Waals surface area contributed by atoms with Gasteiger partial charge in [-0.1, -0.05) is 18.6 Å². The van der Waals surface area contributed by atoms with Crippen LogP contribution in [-0.4, -0.2) is 11.9 Å². The van der Waals surface area contributed by atoms with Crippen molar-refractivity contribution in [3.8, 4) is 11.5 Å². The number of carbonyl (C=O) groups is 1. The van der Waals surface area contributed by atoms with Gasteiger partial charge in [-0.2, -0.15) is 0 Å². The molecule has 0 spiro atoms. The first-order chi connectivity index (χ1) is 11.6. The molecule has 0 bridgehead atoms. The first kappa shape index (κ1) is 19.2. The number of nitrogens with two attached hydrogens (primary N) is 1. The highest BCUT2D eigenvalue weighted by atomic mass is 35.5. The Kier molecular flexibility index (Phi) is 6.79. The third-order valence-electron chi connectivity index (χ3n) is 4.35. The maximum atomic E-state index is 12.9. The van der Waals surface area contributed by atoms with E-state index in [1.807, 2.05) is 24.3 Å². The molecule has 3 rings (SSSR count). The van der Waals surface area contributed by atoms with E-state index in [-0.39, 0.29) is 36.1 Å². The standard InChI is InChI=1S/C19H21FN2O2.ClH/c20-14-6-10-16(11-7-14)24-15-8-4-13(5-9-15)12-22-19(23)17-2-1-3-18(17)21;/h4-11,17-18H,1-3,12,21H2,(H,22,23);1H. The van der Waals surface area contributed by atoms with Crippen LogP contribution in [-0.2, 0) is 11.3 Å². The molecular formula is C19H22ClFN2O2. The van der Waals surface area contributed by atoms with Crippen LogP contribution in [0.4, 0.5) is 4.39 Å². The molecule has 2 aromatic carbocycles. The Bertz CT molecular complexity index is 692. The molecule has 2 aromatic rings. The number of hydrogen-bond donors (Lipinski definition) is 2. The second-order valence-corrected chi connectivity index (χ2v) is 6.12. The SMILES string of the molecule is Cl.NC1CCCC1C(=O)NCc1ccc(Oc2ccc(F)cc2)cc1. The lowest BCUT2D eigenvalue weighted by Gasteiger charge is -2.15. The topological polar surface area (TPSA) is 64.4 Å². The van der Waals surface area contributed by atoms with Gasteiger partial charge in [0, 0.05) is 12.6 Å². The van der Waals surface area contributed by atoms with Crippen molar-refractivity contribution in [2.24, 2.45) is 11.7 Å². The molecule has 2 atom stereocenters. The van der Waals surface area contributed by atoms with Crippen molar-refractivity contribution in [2.45, 2.75) is 31.8 Å². The van der Waals surface area contributed by atoms with Crippen molar-refractivity contribution in [2.75, 3.05) is 0 Å². The summed E-state index contributed by atoms with van der Waals surface area (Å²) in [5.41, 5.74) is 6.94. The summed E-state index contributed by atoms with van der Waals surface area (Å²) < 4.78 is 18.5. The van der Waals surface area contributed by atoms with Crippen molar-refractivity contribution in [3.63, 3.8) is 0 Å². The lowest BCUT2D eigenvalue weighted by molar-refractivity contribution is -0.125. The van der Waals surface area contributed by atoms with Crippen LogP contribution < -0.4 is 15.8 Å². The Balaban J connectivity index is 0.00000225. The van der Waals surface area contributed by atoms with E-state index in [1.165, 1.54) is 12.1 Å². The molecule has 134 valence electrons. The zero-order valence-corrected chi connectivity index (χ0v) is 14.6. The van der Waals surface area contributed by atoms with Gasteiger partial charge in [-0.05, 0) is 54.8 Å². The predicted molar refractivity (Wildman–Crippen MR) is 97.3 cm³/mol. The minimum Gasteiger partial charge on any atom is -0.457 e. The molecule has 0 aromatic heterocycles. The van der Waals surface area contributed by atoms with Gasteiger partial charge in [0.1, 0.15) is 17.3 Å². The van der Waals surface area contributed by atoms with Crippen molar-refractivity contribution in [1.82, 2.24) is 5.32 Å². The molecule has 6 heteroatoms. The molecule has 0 radical (unpaired) electrons. The minimum absolute atomic E-state index is 0. The van der Waals surface area contributed by atoms with Gasteiger partial charge < -0.3 is 15.8 Å². The van der Waals surface area contributed by atoms with Crippen LogP contribution in [0.25, 0.3) is 0 Å². The van der Waals surface area contributed by atoms with E-state index in [1.54, 1.807) is 12.1 Å². The molecular weight excluding hydrogens is 343 g/mol. The summed E-state index contributed by atoms with van der Waals surface area (Å²) in [5.74, 6) is 0.912. The largest absolute Gasteiger partial charge is 0.457 e. The number of ether oxygens (including phenoxy) is 1. The Morgan fingerprint density at radius 2 is 1.68 bits per heavy atom. The van der Waals surface area contributed by atoms with Crippen molar-refractivity contribution < 1.29 is 13.9 Å². The zero-order valence-electron chi connectivity index (χ0n) is 13.8. The number of amides is 1. The number of benzene rings is 2. The normalized spacial score (nSPS) is 19.1. The molecule has 0 saturated heterocycles. The monoisotopic (exact) mass is 364 g/mol. The zero-order chi connectivity index (χ0) is 16.9. The maximum absolute atomic E-state index is 12.9. The second-order valence-electron chi connectivity index (χ2n) is 6.12. The molecule has 0 aliphatic heterocycles. The molecule has 25 heavy (non-hydrogen) atoms. The first-order valence-corrected chi connectivity index (χ1v) is 8.17. The fraction of sp³-hybridized carbons (Fsp3) is 0.316. The molecule has 1 aliphatic rings. The number of rotatable bonds is 5. The third kappa shape index (κ3) is 5.18. The van der Waals surface area contributed by atoms with Gasteiger partial charge in [-0.15, -0.1) is 12.4 Å². The van der Waals surface area contributed by atoms with Gasteiger partial charge in [-0.25, -0.2) is 4.39 Å². The fourth-order valence-corrected chi connectivity index (χ4v) is 2.95. The molecule has 4 nitrogen and oxygen atoms in total. The average molecular weight is 365 g/mol. The summed E-state index contributed by atoms with van der Waals surface area (Å²) in [7, 11) is 0. The molecule has 1 amide bonds. The van der Waals surface area contributed by atoms with Crippen molar-refractivity contribution in [1.29, 1.82) is 0 Å². The molecule has 1 aliphatic carbocycles.